The zero-order valence-corrected chi connectivity index (χ0v) is 31.5. The van der Waals surface area contributed by atoms with Crippen molar-refractivity contribution in [2.75, 3.05) is 27.2 Å². The normalized spacial score (nSPS) is 17.7. The van der Waals surface area contributed by atoms with Gasteiger partial charge < -0.3 is 30.9 Å². The standard InChI is InChI=1S/C40H59N5O6/c1-27(2)23-32(36(47)40(5)26-51-40)42-39(50)34(25-30-17-12-9-13-18-30)44-38(49)33(24-28(3)4)43-37(48)31(21-20-29-15-10-8-11-16-29)41-35(46)19-14-22-45(6)7/h8-13,15-18,27-28,31-34H,14,19-26H2,1-7H3,(H,41,46)(H,42,50)(H,43,48)(H,44,49)/t31-,32-,33-,34-,40+/m0/s1. The Hall–Kier alpha value is -4.09. The summed E-state index contributed by atoms with van der Waals surface area (Å²) in [5.74, 6) is -1.74. The molecule has 0 saturated carbocycles. The van der Waals surface area contributed by atoms with E-state index in [9.17, 15) is 24.0 Å². The minimum Gasteiger partial charge on any atom is -0.361 e. The van der Waals surface area contributed by atoms with E-state index in [1.165, 1.54) is 0 Å². The van der Waals surface area contributed by atoms with Crippen LogP contribution < -0.4 is 21.3 Å². The van der Waals surface area contributed by atoms with Gasteiger partial charge in [0, 0.05) is 12.8 Å². The van der Waals surface area contributed by atoms with Gasteiger partial charge in [0.05, 0.1) is 12.6 Å². The molecule has 1 heterocycles. The van der Waals surface area contributed by atoms with Gasteiger partial charge in [0.1, 0.15) is 23.7 Å². The third kappa shape index (κ3) is 14.6. The molecule has 0 unspecified atom stereocenters. The first kappa shape index (κ1) is 41.3. The van der Waals surface area contributed by atoms with Crippen LogP contribution in [0.2, 0.25) is 0 Å². The first-order valence-corrected chi connectivity index (χ1v) is 18.3. The summed E-state index contributed by atoms with van der Waals surface area (Å²) in [7, 11) is 3.88. The number of carbonyl (C=O) groups excluding carboxylic acids is 5. The molecule has 51 heavy (non-hydrogen) atoms. The Kier molecular flexibility index (Phi) is 16.3. The van der Waals surface area contributed by atoms with Crippen LogP contribution in [-0.4, -0.2) is 91.3 Å². The number of ketones is 1. The second-order valence-corrected chi connectivity index (χ2v) is 15.1. The molecule has 0 aliphatic carbocycles. The summed E-state index contributed by atoms with van der Waals surface area (Å²) in [6.45, 7) is 10.6. The highest BCUT2D eigenvalue weighted by atomic mass is 16.6. The van der Waals surface area contributed by atoms with Crippen LogP contribution in [0.15, 0.2) is 60.7 Å². The van der Waals surface area contributed by atoms with Crippen LogP contribution in [0.3, 0.4) is 0 Å². The monoisotopic (exact) mass is 705 g/mol. The van der Waals surface area contributed by atoms with E-state index in [1.54, 1.807) is 6.92 Å². The minimum atomic E-state index is -1.02. The lowest BCUT2D eigenvalue weighted by Crippen LogP contribution is -2.59. The van der Waals surface area contributed by atoms with Gasteiger partial charge in [-0.15, -0.1) is 0 Å². The van der Waals surface area contributed by atoms with Crippen molar-refractivity contribution in [3.8, 4) is 0 Å². The molecule has 1 aliphatic rings. The molecule has 0 bridgehead atoms. The van der Waals surface area contributed by atoms with Crippen LogP contribution >= 0.6 is 0 Å². The molecule has 0 aromatic heterocycles. The number of hydrogen-bond donors (Lipinski definition) is 4. The predicted octanol–water partition coefficient (Wildman–Crippen LogP) is 3.59. The van der Waals surface area contributed by atoms with Gasteiger partial charge in [-0.05, 0) is 82.6 Å². The molecule has 4 amide bonds. The molecule has 5 atom stereocenters. The summed E-state index contributed by atoms with van der Waals surface area (Å²) < 4.78 is 5.40. The van der Waals surface area contributed by atoms with Crippen LogP contribution in [-0.2, 0) is 41.6 Å². The third-order valence-electron chi connectivity index (χ3n) is 8.92. The van der Waals surface area contributed by atoms with Crippen molar-refractivity contribution in [1.29, 1.82) is 0 Å². The van der Waals surface area contributed by atoms with E-state index < -0.39 is 47.5 Å². The highest BCUT2D eigenvalue weighted by Crippen LogP contribution is 2.29. The van der Waals surface area contributed by atoms with Crippen molar-refractivity contribution in [1.82, 2.24) is 26.2 Å². The molecule has 3 rings (SSSR count). The van der Waals surface area contributed by atoms with E-state index >= 15 is 0 Å². The lowest BCUT2D eigenvalue weighted by Gasteiger charge is -2.28. The second kappa shape index (κ2) is 20.1. The number of rotatable bonds is 22. The number of hydrogen-bond acceptors (Lipinski definition) is 7. The van der Waals surface area contributed by atoms with Crippen molar-refractivity contribution in [2.24, 2.45) is 11.8 Å². The highest BCUT2D eigenvalue weighted by Gasteiger charge is 2.50. The summed E-state index contributed by atoms with van der Waals surface area (Å²) in [5, 5.41) is 11.6. The SMILES string of the molecule is CC(C)C[C@H](NC(=O)[C@H](CCc1ccccc1)NC(=O)CCCN(C)C)C(=O)N[C@@H](Cc1ccccc1)C(=O)N[C@@H](CC(C)C)C(=O)[C@@]1(C)CO1. The lowest BCUT2D eigenvalue weighted by molar-refractivity contribution is -0.135. The number of carbonyl (C=O) groups is 5. The van der Waals surface area contributed by atoms with Crippen molar-refractivity contribution >= 4 is 29.4 Å². The van der Waals surface area contributed by atoms with Crippen LogP contribution in [0.4, 0.5) is 0 Å². The molecule has 280 valence electrons. The van der Waals surface area contributed by atoms with Crippen LogP contribution in [0, 0.1) is 11.8 Å². The Morgan fingerprint density at radius 1 is 0.706 bits per heavy atom. The van der Waals surface area contributed by atoms with E-state index in [4.69, 9.17) is 4.74 Å². The molecule has 11 heteroatoms. The van der Waals surface area contributed by atoms with E-state index in [2.05, 4.69) is 21.3 Å². The van der Waals surface area contributed by atoms with Crippen molar-refractivity contribution in [3.63, 3.8) is 0 Å². The smallest absolute Gasteiger partial charge is 0.243 e. The molecule has 2 aromatic carbocycles. The second-order valence-electron chi connectivity index (χ2n) is 15.1. The fourth-order valence-corrected chi connectivity index (χ4v) is 5.95. The molecule has 2 aromatic rings. The Balaban J connectivity index is 1.81. The molecule has 4 N–H and O–H groups in total. The van der Waals surface area contributed by atoms with Gasteiger partial charge in [-0.1, -0.05) is 88.4 Å². The zero-order chi connectivity index (χ0) is 37.6. The number of epoxide rings is 1. The molecular weight excluding hydrogens is 646 g/mol. The number of Topliss-reactive ketones (excluding diaryl/α,β-unsaturated/α-hetero) is 1. The fraction of sp³-hybridized carbons (Fsp3) is 0.575. The van der Waals surface area contributed by atoms with Crippen LogP contribution in [0.1, 0.15) is 77.8 Å². The van der Waals surface area contributed by atoms with Crippen LogP contribution in [0.5, 0.6) is 0 Å². The number of benzene rings is 2. The van der Waals surface area contributed by atoms with Gasteiger partial charge in [0.15, 0.2) is 5.78 Å². The Morgan fingerprint density at radius 3 is 1.75 bits per heavy atom. The first-order valence-electron chi connectivity index (χ1n) is 18.3. The quantitative estimate of drug-likeness (QED) is 0.137. The van der Waals surface area contributed by atoms with E-state index in [0.29, 0.717) is 38.7 Å². The largest absolute Gasteiger partial charge is 0.361 e. The van der Waals surface area contributed by atoms with Crippen molar-refractivity contribution in [2.45, 2.75) is 109 Å². The van der Waals surface area contributed by atoms with E-state index in [1.807, 2.05) is 107 Å². The Labute approximate surface area is 304 Å². The molecule has 0 spiro atoms. The number of nitrogens with one attached hydrogen (secondary N) is 4. The lowest BCUT2D eigenvalue weighted by atomic mass is 9.93. The summed E-state index contributed by atoms with van der Waals surface area (Å²) >= 11 is 0. The van der Waals surface area contributed by atoms with Crippen LogP contribution in [0.25, 0.3) is 0 Å². The molecule has 1 saturated heterocycles. The maximum absolute atomic E-state index is 14.0. The Morgan fingerprint density at radius 2 is 1.20 bits per heavy atom. The van der Waals surface area contributed by atoms with Gasteiger partial charge in [0.25, 0.3) is 0 Å². The zero-order valence-electron chi connectivity index (χ0n) is 31.5. The molecular formula is C40H59N5O6. The summed E-state index contributed by atoms with van der Waals surface area (Å²) in [6, 6.07) is 15.4. The minimum absolute atomic E-state index is 0.0261. The van der Waals surface area contributed by atoms with Crippen molar-refractivity contribution < 1.29 is 28.7 Å². The maximum Gasteiger partial charge on any atom is 0.243 e. The summed E-state index contributed by atoms with van der Waals surface area (Å²) in [5.41, 5.74) is 0.931. The third-order valence-corrected chi connectivity index (χ3v) is 8.92. The van der Waals surface area contributed by atoms with Crippen molar-refractivity contribution in [3.05, 3.63) is 71.8 Å². The van der Waals surface area contributed by atoms with Gasteiger partial charge in [-0.3, -0.25) is 24.0 Å². The van der Waals surface area contributed by atoms with Gasteiger partial charge in [-0.25, -0.2) is 0 Å². The number of amides is 4. The van der Waals surface area contributed by atoms with Gasteiger partial charge >= 0.3 is 0 Å². The molecule has 1 fully saturated rings. The fourth-order valence-electron chi connectivity index (χ4n) is 5.95. The number of ether oxygens (including phenoxy) is 1. The number of aryl methyl sites for hydroxylation is 1. The molecule has 11 nitrogen and oxygen atoms in total. The van der Waals surface area contributed by atoms with Gasteiger partial charge in [-0.2, -0.15) is 0 Å². The average Bonchev–Trinajstić information content (AvgIpc) is 3.83. The average molecular weight is 706 g/mol. The molecule has 0 radical (unpaired) electrons. The number of nitrogens with zero attached hydrogens (tertiary/aromatic N) is 1. The topological polar surface area (TPSA) is 149 Å². The Bertz CT molecular complexity index is 1430. The maximum atomic E-state index is 14.0. The highest BCUT2D eigenvalue weighted by molar-refractivity contribution is 5.98. The van der Waals surface area contributed by atoms with E-state index in [0.717, 1.165) is 17.7 Å². The summed E-state index contributed by atoms with van der Waals surface area (Å²) in [6.07, 6.45) is 2.72. The first-order chi connectivity index (χ1) is 24.2. The molecule has 1 aliphatic heterocycles. The van der Waals surface area contributed by atoms with E-state index in [-0.39, 0.29) is 36.4 Å². The summed E-state index contributed by atoms with van der Waals surface area (Å²) in [4.78, 5) is 70.1. The predicted molar refractivity (Wildman–Crippen MR) is 199 cm³/mol. The van der Waals surface area contributed by atoms with Gasteiger partial charge in [0.2, 0.25) is 23.6 Å².